The summed E-state index contributed by atoms with van der Waals surface area (Å²) in [6.45, 7) is 23.2. The average molecular weight is 465 g/mol. The van der Waals surface area contributed by atoms with Crippen molar-refractivity contribution in [1.29, 1.82) is 0 Å². The normalized spacial score (nSPS) is 20.2. The molecule has 0 aromatic heterocycles. The minimum absolute atomic E-state index is 0.193. The van der Waals surface area contributed by atoms with Gasteiger partial charge in [0.15, 0.2) is 0 Å². The highest BCUT2D eigenvalue weighted by molar-refractivity contribution is 7.73. The summed E-state index contributed by atoms with van der Waals surface area (Å²) in [6.07, 6.45) is 2.48. The van der Waals surface area contributed by atoms with Gasteiger partial charge in [0, 0.05) is 5.16 Å². The van der Waals surface area contributed by atoms with E-state index >= 15 is 0 Å². The Labute approximate surface area is 200 Å². The van der Waals surface area contributed by atoms with Crippen molar-refractivity contribution >= 4 is 32.0 Å². The predicted molar refractivity (Wildman–Crippen MR) is 150 cm³/mol. The molecule has 0 fully saturated rings. The summed E-state index contributed by atoms with van der Waals surface area (Å²) in [5.74, 6) is 0. The third-order valence-corrected chi connectivity index (χ3v) is 11.5. The van der Waals surface area contributed by atoms with Gasteiger partial charge in [0.25, 0.3) is 0 Å². The molecule has 0 N–H and O–H groups in total. The monoisotopic (exact) mass is 464 g/mol. The maximum absolute atomic E-state index is 2.48. The zero-order valence-electron chi connectivity index (χ0n) is 21.9. The van der Waals surface area contributed by atoms with Crippen LogP contribution in [0.15, 0.2) is 59.7 Å². The molecule has 32 heavy (non-hydrogen) atoms. The van der Waals surface area contributed by atoms with Crippen LogP contribution in [0.2, 0.25) is 0 Å². The lowest BCUT2D eigenvalue weighted by atomic mass is 9.87. The van der Waals surface area contributed by atoms with E-state index in [4.69, 9.17) is 0 Å². The molecule has 0 spiro atoms. The van der Waals surface area contributed by atoms with Crippen molar-refractivity contribution in [1.82, 2.24) is 0 Å². The molecule has 0 radical (unpaired) electrons. The van der Waals surface area contributed by atoms with Crippen LogP contribution in [-0.4, -0.2) is 16.6 Å². The highest BCUT2D eigenvalue weighted by Gasteiger charge is 2.32. The topological polar surface area (TPSA) is 0 Å². The van der Waals surface area contributed by atoms with Crippen molar-refractivity contribution in [3.05, 3.63) is 70.8 Å². The van der Waals surface area contributed by atoms with Crippen LogP contribution in [0, 0.1) is 0 Å². The third-order valence-electron chi connectivity index (χ3n) is 7.24. The van der Waals surface area contributed by atoms with Crippen LogP contribution < -0.4 is 10.6 Å². The number of hydrogen-bond acceptors (Lipinski definition) is 0. The van der Waals surface area contributed by atoms with Gasteiger partial charge in [0.1, 0.15) is 0 Å². The van der Waals surface area contributed by atoms with Gasteiger partial charge >= 0.3 is 0 Å². The van der Waals surface area contributed by atoms with E-state index in [1.165, 1.54) is 48.1 Å². The first kappa shape index (κ1) is 25.4. The van der Waals surface area contributed by atoms with Gasteiger partial charge in [-0.15, -0.1) is 0 Å². The summed E-state index contributed by atoms with van der Waals surface area (Å²) in [5, 5.41) is 4.85. The first-order chi connectivity index (χ1) is 14.7. The van der Waals surface area contributed by atoms with Gasteiger partial charge in [-0.05, 0) is 91.6 Å². The lowest BCUT2D eigenvalue weighted by Gasteiger charge is -2.28. The molecular formula is C30H42P2. The van der Waals surface area contributed by atoms with Crippen molar-refractivity contribution in [2.45, 2.75) is 91.6 Å². The Hall–Kier alpha value is -1.22. The Balaban J connectivity index is 1.95. The van der Waals surface area contributed by atoms with E-state index < -0.39 is 0 Å². The minimum atomic E-state index is -0.379. The molecule has 1 aliphatic rings. The smallest absolute Gasteiger partial charge is 0.0311 e. The molecule has 1 unspecified atom stereocenters. The summed E-state index contributed by atoms with van der Waals surface area (Å²) in [4.78, 5) is 0. The molecule has 1 aliphatic heterocycles. The number of allylic oxidation sites excluding steroid dienone is 2. The zero-order chi connectivity index (χ0) is 23.9. The number of benzene rings is 2. The highest BCUT2D eigenvalue weighted by Crippen LogP contribution is 2.47. The van der Waals surface area contributed by atoms with Crippen LogP contribution >= 0.6 is 16.1 Å². The Morgan fingerprint density at radius 1 is 0.719 bits per heavy atom. The second-order valence-corrected chi connectivity index (χ2v) is 15.9. The Morgan fingerprint density at radius 3 is 1.44 bits per heavy atom. The summed E-state index contributed by atoms with van der Waals surface area (Å²) in [5.41, 5.74) is 6.35. The molecule has 0 saturated carbocycles. The molecule has 172 valence electrons. The average Bonchev–Trinajstić information content (AvgIpc) is 2.90. The fourth-order valence-electron chi connectivity index (χ4n) is 4.48. The molecule has 2 aromatic carbocycles. The van der Waals surface area contributed by atoms with Gasteiger partial charge in [-0.25, -0.2) is 0 Å². The van der Waals surface area contributed by atoms with Crippen LogP contribution in [0.5, 0.6) is 0 Å². The number of hydrogen-bond donors (Lipinski definition) is 0. The Kier molecular flexibility index (Phi) is 7.30. The summed E-state index contributed by atoms with van der Waals surface area (Å²) in [6, 6.07) is 19.1. The van der Waals surface area contributed by atoms with Gasteiger partial charge < -0.3 is 0 Å². The molecule has 2 heteroatoms. The number of rotatable bonds is 5. The third kappa shape index (κ3) is 5.46. The SMILES string of the molecule is CC1=PC(C)(CCP(c2ccc(C(C)(C)C)cc2)c2ccc(C(C)(C)C)cc2)C(C)=C1C. The summed E-state index contributed by atoms with van der Waals surface area (Å²) < 4.78 is 0. The molecular weight excluding hydrogens is 422 g/mol. The Bertz CT molecular complexity index is 951. The van der Waals surface area contributed by atoms with Gasteiger partial charge in [0.2, 0.25) is 0 Å². The van der Waals surface area contributed by atoms with E-state index in [0.717, 1.165) is 0 Å². The van der Waals surface area contributed by atoms with Crippen LogP contribution in [0.1, 0.15) is 86.8 Å². The fourth-order valence-corrected chi connectivity index (χ4v) is 8.79. The highest BCUT2D eigenvalue weighted by atomic mass is 31.1. The van der Waals surface area contributed by atoms with Crippen molar-refractivity contribution < 1.29 is 0 Å². The zero-order valence-corrected chi connectivity index (χ0v) is 23.7. The van der Waals surface area contributed by atoms with Crippen LogP contribution in [0.4, 0.5) is 0 Å². The van der Waals surface area contributed by atoms with Crippen molar-refractivity contribution in [3.63, 3.8) is 0 Å². The van der Waals surface area contributed by atoms with E-state index in [0.29, 0.717) is 0 Å². The molecule has 0 bridgehead atoms. The van der Waals surface area contributed by atoms with Gasteiger partial charge in [0.05, 0.1) is 0 Å². The van der Waals surface area contributed by atoms with E-state index in [1.807, 2.05) is 0 Å². The second-order valence-electron chi connectivity index (χ2n) is 11.7. The van der Waals surface area contributed by atoms with E-state index in [1.54, 1.807) is 10.9 Å². The summed E-state index contributed by atoms with van der Waals surface area (Å²) in [7, 11) is 1.13. The van der Waals surface area contributed by atoms with E-state index in [9.17, 15) is 0 Å². The molecule has 0 saturated heterocycles. The molecule has 3 rings (SSSR count). The molecule has 2 aromatic rings. The molecule has 0 amide bonds. The maximum atomic E-state index is 2.48. The lowest BCUT2D eigenvalue weighted by Crippen LogP contribution is -2.23. The van der Waals surface area contributed by atoms with Crippen LogP contribution in [-0.2, 0) is 10.8 Å². The molecule has 0 aliphatic carbocycles. The van der Waals surface area contributed by atoms with Gasteiger partial charge in [-0.3, -0.25) is 0 Å². The van der Waals surface area contributed by atoms with Crippen LogP contribution in [0.25, 0.3) is 0 Å². The lowest BCUT2D eigenvalue weighted by molar-refractivity contribution is 0.590. The fraction of sp³-hybridized carbons (Fsp3) is 0.500. The maximum Gasteiger partial charge on any atom is 0.0311 e. The van der Waals surface area contributed by atoms with E-state index in [-0.39, 0.29) is 23.9 Å². The van der Waals surface area contributed by atoms with Gasteiger partial charge in [-0.2, -0.15) is 0 Å². The van der Waals surface area contributed by atoms with Crippen molar-refractivity contribution in [2.75, 3.05) is 6.16 Å². The van der Waals surface area contributed by atoms with E-state index in [2.05, 4.69) is 118 Å². The van der Waals surface area contributed by atoms with Gasteiger partial charge in [-0.1, -0.05) is 104 Å². The molecule has 0 nitrogen and oxygen atoms in total. The Morgan fingerprint density at radius 2 is 1.12 bits per heavy atom. The predicted octanol–water partition coefficient (Wildman–Crippen LogP) is 8.35. The standard InChI is InChI=1S/C30H42P2/c1-21-22(2)30(10,31-23(21)3)19-20-32(26-15-11-24(12-16-26)28(4,5)6)27-17-13-25(14-18-27)29(7,8)9/h11-18H,19-20H2,1-10H3. The van der Waals surface area contributed by atoms with Crippen molar-refractivity contribution in [3.8, 4) is 0 Å². The molecule has 1 atom stereocenters. The molecule has 1 heterocycles. The largest absolute Gasteiger partial charge is 0.0899 e. The first-order valence-corrected chi connectivity index (χ1v) is 14.4. The van der Waals surface area contributed by atoms with Crippen molar-refractivity contribution in [2.24, 2.45) is 0 Å². The van der Waals surface area contributed by atoms with Crippen LogP contribution in [0.3, 0.4) is 0 Å². The second kappa shape index (κ2) is 9.20. The first-order valence-electron chi connectivity index (χ1n) is 12.0. The summed E-state index contributed by atoms with van der Waals surface area (Å²) >= 11 is 0. The minimum Gasteiger partial charge on any atom is -0.0899 e. The quantitative estimate of drug-likeness (QED) is 0.390.